The fraction of sp³-hybridized carbons (Fsp3) is 0.667. The van der Waals surface area contributed by atoms with Gasteiger partial charge in [0.15, 0.2) is 5.96 Å². The van der Waals surface area contributed by atoms with Crippen LogP contribution in [-0.4, -0.2) is 45.9 Å². The van der Waals surface area contributed by atoms with Gasteiger partial charge in [-0.05, 0) is 25.5 Å². The first-order valence-corrected chi connectivity index (χ1v) is 10.2. The van der Waals surface area contributed by atoms with Gasteiger partial charge in [-0.2, -0.15) is 0 Å². The van der Waals surface area contributed by atoms with Gasteiger partial charge in [0.25, 0.3) is 10.0 Å². The van der Waals surface area contributed by atoms with Crippen LogP contribution in [0.4, 0.5) is 0 Å². The van der Waals surface area contributed by atoms with Crippen molar-refractivity contribution in [1.29, 1.82) is 0 Å². The van der Waals surface area contributed by atoms with Crippen molar-refractivity contribution in [3.05, 3.63) is 17.0 Å². The highest BCUT2D eigenvalue weighted by atomic mass is 127. The van der Waals surface area contributed by atoms with E-state index in [1.807, 2.05) is 13.0 Å². The topological polar surface area (TPSA) is 73.8 Å². The fourth-order valence-corrected chi connectivity index (χ4v) is 4.29. The zero-order valence-corrected chi connectivity index (χ0v) is 18.8. The van der Waals surface area contributed by atoms with Crippen molar-refractivity contribution in [1.82, 2.24) is 14.9 Å². The van der Waals surface area contributed by atoms with Gasteiger partial charge in [-0.25, -0.2) is 17.7 Å². The highest BCUT2D eigenvalue weighted by molar-refractivity contribution is 14.0. The van der Waals surface area contributed by atoms with E-state index in [1.165, 1.54) is 42.6 Å². The second-order valence-electron chi connectivity index (χ2n) is 5.34. The predicted molar refractivity (Wildman–Crippen MR) is 113 cm³/mol. The lowest BCUT2D eigenvalue weighted by Gasteiger charge is -2.10. The average molecular weight is 488 g/mol. The number of unbranched alkanes of at least 4 members (excludes halogenated alkanes) is 2. The van der Waals surface area contributed by atoms with Crippen LogP contribution >= 0.6 is 35.3 Å². The second kappa shape index (κ2) is 12.0. The monoisotopic (exact) mass is 488 g/mol. The summed E-state index contributed by atoms with van der Waals surface area (Å²) >= 11 is 1.27. The van der Waals surface area contributed by atoms with Crippen molar-refractivity contribution in [3.63, 3.8) is 0 Å². The van der Waals surface area contributed by atoms with Gasteiger partial charge < -0.3 is 10.6 Å². The van der Waals surface area contributed by atoms with E-state index in [0.29, 0.717) is 10.8 Å². The molecular formula is C15H29IN4O2S2. The standard InChI is InChI=1S/C15H28N4O2S2.HI/c1-5-7-8-11-17-15(16-6-2)18-12-13-9-10-14(22-13)23(20,21)19(3)4;/h9-10H,5-8,11-12H2,1-4H3,(H2,16,17,18);1H. The summed E-state index contributed by atoms with van der Waals surface area (Å²) in [6.07, 6.45) is 3.50. The molecule has 0 aliphatic heterocycles. The Labute approximate surface area is 167 Å². The maximum atomic E-state index is 12.1. The van der Waals surface area contributed by atoms with Crippen molar-refractivity contribution in [2.45, 2.75) is 43.9 Å². The lowest BCUT2D eigenvalue weighted by molar-refractivity contribution is 0.523. The number of rotatable bonds is 9. The molecule has 140 valence electrons. The normalized spacial score (nSPS) is 12.1. The summed E-state index contributed by atoms with van der Waals surface area (Å²) in [5.41, 5.74) is 0. The van der Waals surface area contributed by atoms with Crippen LogP contribution in [0.3, 0.4) is 0 Å². The van der Waals surface area contributed by atoms with Crippen molar-refractivity contribution < 1.29 is 8.42 Å². The molecule has 0 saturated carbocycles. The van der Waals surface area contributed by atoms with Gasteiger partial charge in [0.2, 0.25) is 0 Å². The molecule has 1 heterocycles. The van der Waals surface area contributed by atoms with Crippen molar-refractivity contribution in [3.8, 4) is 0 Å². The van der Waals surface area contributed by atoms with Gasteiger partial charge in [-0.3, -0.25) is 0 Å². The van der Waals surface area contributed by atoms with Crippen molar-refractivity contribution in [2.24, 2.45) is 4.99 Å². The molecule has 0 aliphatic rings. The zero-order valence-electron chi connectivity index (χ0n) is 14.8. The molecule has 0 radical (unpaired) electrons. The Balaban J connectivity index is 0.00000529. The third kappa shape index (κ3) is 7.66. The van der Waals surface area contributed by atoms with E-state index in [0.717, 1.165) is 30.3 Å². The van der Waals surface area contributed by atoms with Gasteiger partial charge in [0.05, 0.1) is 6.54 Å². The molecule has 9 heteroatoms. The van der Waals surface area contributed by atoms with Crippen LogP contribution in [0.2, 0.25) is 0 Å². The van der Waals surface area contributed by atoms with Crippen molar-refractivity contribution >= 4 is 51.3 Å². The lowest BCUT2D eigenvalue weighted by atomic mass is 10.2. The van der Waals surface area contributed by atoms with Crippen LogP contribution < -0.4 is 10.6 Å². The first-order valence-electron chi connectivity index (χ1n) is 7.95. The number of nitrogens with one attached hydrogen (secondary N) is 2. The van der Waals surface area contributed by atoms with Crippen LogP contribution in [0.1, 0.15) is 38.0 Å². The molecule has 0 spiro atoms. The molecule has 0 atom stereocenters. The molecular weight excluding hydrogens is 459 g/mol. The molecule has 0 saturated heterocycles. The Hall–Kier alpha value is -0.390. The largest absolute Gasteiger partial charge is 0.357 e. The summed E-state index contributed by atoms with van der Waals surface area (Å²) < 4.78 is 25.7. The number of sulfonamides is 1. The van der Waals surface area contributed by atoms with Crippen LogP contribution in [0.5, 0.6) is 0 Å². The smallest absolute Gasteiger partial charge is 0.252 e. The number of hydrogen-bond acceptors (Lipinski definition) is 4. The SMILES string of the molecule is CCCCCNC(=NCc1ccc(S(=O)(=O)N(C)C)s1)NCC.I. The first-order chi connectivity index (χ1) is 10.9. The van der Waals surface area contributed by atoms with E-state index in [-0.39, 0.29) is 24.0 Å². The van der Waals surface area contributed by atoms with E-state index in [1.54, 1.807) is 6.07 Å². The summed E-state index contributed by atoms with van der Waals surface area (Å²) in [7, 11) is -0.277. The van der Waals surface area contributed by atoms with Gasteiger partial charge in [-0.15, -0.1) is 35.3 Å². The fourth-order valence-electron chi connectivity index (χ4n) is 1.84. The van der Waals surface area contributed by atoms with Gasteiger partial charge >= 0.3 is 0 Å². The Morgan fingerprint density at radius 2 is 1.92 bits per heavy atom. The summed E-state index contributed by atoms with van der Waals surface area (Å²) in [5, 5.41) is 6.50. The molecule has 0 aromatic carbocycles. The maximum absolute atomic E-state index is 12.1. The highest BCUT2D eigenvalue weighted by Gasteiger charge is 2.19. The number of thiophene rings is 1. The highest BCUT2D eigenvalue weighted by Crippen LogP contribution is 2.24. The van der Waals surface area contributed by atoms with E-state index in [9.17, 15) is 8.42 Å². The summed E-state index contributed by atoms with van der Waals surface area (Å²) in [4.78, 5) is 5.45. The molecule has 1 aromatic rings. The van der Waals surface area contributed by atoms with Crippen molar-refractivity contribution in [2.75, 3.05) is 27.2 Å². The maximum Gasteiger partial charge on any atom is 0.252 e. The van der Waals surface area contributed by atoms with E-state index in [2.05, 4.69) is 22.5 Å². The molecule has 1 aromatic heterocycles. The number of aliphatic imine (C=N–C) groups is 1. The third-order valence-electron chi connectivity index (χ3n) is 3.18. The first kappa shape index (κ1) is 23.6. The second-order valence-corrected chi connectivity index (χ2v) is 8.88. The third-order valence-corrected chi connectivity index (χ3v) is 6.53. The minimum absolute atomic E-state index is 0. The molecule has 0 fully saturated rings. The Morgan fingerprint density at radius 1 is 1.21 bits per heavy atom. The molecule has 24 heavy (non-hydrogen) atoms. The lowest BCUT2D eigenvalue weighted by Crippen LogP contribution is -2.37. The Kier molecular flexibility index (Phi) is 11.8. The van der Waals surface area contributed by atoms with Crippen LogP contribution in [-0.2, 0) is 16.6 Å². The predicted octanol–water partition coefficient (Wildman–Crippen LogP) is 2.86. The number of halogens is 1. The van der Waals surface area contributed by atoms with Gasteiger partial charge in [0.1, 0.15) is 4.21 Å². The van der Waals surface area contributed by atoms with Crippen LogP contribution in [0.25, 0.3) is 0 Å². The van der Waals surface area contributed by atoms with Gasteiger partial charge in [0, 0.05) is 32.1 Å². The minimum Gasteiger partial charge on any atom is -0.357 e. The molecule has 2 N–H and O–H groups in total. The molecule has 1 rings (SSSR count). The minimum atomic E-state index is -3.35. The molecule has 0 aliphatic carbocycles. The summed E-state index contributed by atoms with van der Waals surface area (Å²) in [5.74, 6) is 0.772. The van der Waals surface area contributed by atoms with E-state index >= 15 is 0 Å². The average Bonchev–Trinajstić information content (AvgIpc) is 2.98. The molecule has 0 amide bonds. The molecule has 0 bridgehead atoms. The van der Waals surface area contributed by atoms with Crippen LogP contribution in [0, 0.1) is 0 Å². The number of hydrogen-bond donors (Lipinski definition) is 2. The Morgan fingerprint density at radius 3 is 2.50 bits per heavy atom. The number of nitrogens with zero attached hydrogens (tertiary/aromatic N) is 2. The summed E-state index contributed by atoms with van der Waals surface area (Å²) in [6.45, 7) is 6.36. The Bertz CT molecular complexity index is 600. The van der Waals surface area contributed by atoms with E-state index < -0.39 is 10.0 Å². The number of guanidine groups is 1. The quantitative estimate of drug-likeness (QED) is 0.243. The summed E-state index contributed by atoms with van der Waals surface area (Å²) in [6, 6.07) is 3.47. The molecule has 6 nitrogen and oxygen atoms in total. The zero-order chi connectivity index (χ0) is 17.3. The van der Waals surface area contributed by atoms with Gasteiger partial charge in [-0.1, -0.05) is 19.8 Å². The molecule has 0 unspecified atom stereocenters. The van der Waals surface area contributed by atoms with Crippen LogP contribution in [0.15, 0.2) is 21.3 Å². The van der Waals surface area contributed by atoms with E-state index in [4.69, 9.17) is 0 Å².